The number of carbonyl (C=O) groups excluding carboxylic acids is 3. The molecule has 24 heavy (non-hydrogen) atoms. The van der Waals surface area contributed by atoms with Crippen LogP contribution in [0.2, 0.25) is 0 Å². The number of carbonyl (C=O) groups is 3. The average Bonchev–Trinajstić information content (AvgIpc) is 2.80. The molecule has 1 aliphatic rings. The Hall–Kier alpha value is -2.77. The van der Waals surface area contributed by atoms with Crippen molar-refractivity contribution in [3.8, 4) is 0 Å². The molecule has 4 amide bonds. The summed E-state index contributed by atoms with van der Waals surface area (Å²) in [6.45, 7) is 3.42. The van der Waals surface area contributed by atoms with Crippen LogP contribution in [0.15, 0.2) is 24.3 Å². The number of benzene rings is 1. The minimum atomic E-state index is -0.375. The van der Waals surface area contributed by atoms with Gasteiger partial charge in [0, 0.05) is 44.5 Å². The van der Waals surface area contributed by atoms with Crippen molar-refractivity contribution in [3.63, 3.8) is 0 Å². The van der Waals surface area contributed by atoms with Crippen molar-refractivity contribution in [1.29, 1.82) is 0 Å². The summed E-state index contributed by atoms with van der Waals surface area (Å²) in [6, 6.07) is 6.71. The Morgan fingerprint density at radius 2 is 1.62 bits per heavy atom. The monoisotopic (exact) mass is 334 g/mol. The molecule has 8 heteroatoms. The highest BCUT2D eigenvalue weighted by Crippen LogP contribution is 2.16. The van der Waals surface area contributed by atoms with E-state index >= 15 is 0 Å². The Balaban J connectivity index is 1.95. The Bertz CT molecular complexity index is 620. The van der Waals surface area contributed by atoms with E-state index in [4.69, 9.17) is 4.74 Å². The first-order valence-corrected chi connectivity index (χ1v) is 7.76. The molecule has 2 rings (SSSR count). The lowest BCUT2D eigenvalue weighted by molar-refractivity contribution is -0.114. The summed E-state index contributed by atoms with van der Waals surface area (Å²) in [5.41, 5.74) is 1.22. The second-order valence-corrected chi connectivity index (χ2v) is 5.49. The lowest BCUT2D eigenvalue weighted by Gasteiger charge is -2.22. The fourth-order valence-electron chi connectivity index (χ4n) is 2.51. The van der Waals surface area contributed by atoms with E-state index in [9.17, 15) is 14.4 Å². The second kappa shape index (κ2) is 8.19. The van der Waals surface area contributed by atoms with Gasteiger partial charge >= 0.3 is 12.1 Å². The van der Waals surface area contributed by atoms with Gasteiger partial charge in [0.1, 0.15) is 0 Å². The number of ether oxygens (including phenoxy) is 1. The SMILES string of the molecule is COC(=O)N1CCCN(C(=O)Nc2cccc(NC(C)=O)c2)CC1. The zero-order valence-electron chi connectivity index (χ0n) is 13.9. The zero-order chi connectivity index (χ0) is 17.5. The predicted octanol–water partition coefficient (Wildman–Crippen LogP) is 1.95. The first kappa shape index (κ1) is 17.6. The van der Waals surface area contributed by atoms with Crippen molar-refractivity contribution >= 4 is 29.4 Å². The summed E-state index contributed by atoms with van der Waals surface area (Å²) >= 11 is 0. The Morgan fingerprint density at radius 3 is 2.29 bits per heavy atom. The van der Waals surface area contributed by atoms with Crippen molar-refractivity contribution in [2.75, 3.05) is 43.9 Å². The van der Waals surface area contributed by atoms with Gasteiger partial charge in [-0.3, -0.25) is 4.79 Å². The molecule has 0 spiro atoms. The molecule has 0 atom stereocenters. The molecule has 1 aliphatic heterocycles. The molecule has 130 valence electrons. The van der Waals surface area contributed by atoms with Gasteiger partial charge in [0.25, 0.3) is 0 Å². The minimum Gasteiger partial charge on any atom is -0.453 e. The summed E-state index contributed by atoms with van der Waals surface area (Å²) in [6.07, 6.45) is 0.314. The Labute approximate surface area is 140 Å². The van der Waals surface area contributed by atoms with Gasteiger partial charge < -0.3 is 25.2 Å². The number of methoxy groups -OCH3 is 1. The molecule has 0 aliphatic carbocycles. The van der Waals surface area contributed by atoms with Gasteiger partial charge in [-0.25, -0.2) is 9.59 Å². The van der Waals surface area contributed by atoms with Crippen LogP contribution in [0, 0.1) is 0 Å². The number of hydrogen-bond acceptors (Lipinski definition) is 4. The van der Waals surface area contributed by atoms with Crippen LogP contribution >= 0.6 is 0 Å². The van der Waals surface area contributed by atoms with Crippen molar-refractivity contribution < 1.29 is 19.1 Å². The van der Waals surface area contributed by atoms with Gasteiger partial charge in [-0.1, -0.05) is 6.07 Å². The summed E-state index contributed by atoms with van der Waals surface area (Å²) in [7, 11) is 1.35. The molecule has 0 radical (unpaired) electrons. The fraction of sp³-hybridized carbons (Fsp3) is 0.438. The molecule has 0 bridgehead atoms. The van der Waals surface area contributed by atoms with Gasteiger partial charge in [-0.2, -0.15) is 0 Å². The van der Waals surface area contributed by atoms with Gasteiger partial charge in [-0.05, 0) is 24.6 Å². The minimum absolute atomic E-state index is 0.172. The molecule has 1 aromatic carbocycles. The number of urea groups is 1. The van der Waals surface area contributed by atoms with E-state index in [0.29, 0.717) is 44.0 Å². The maximum Gasteiger partial charge on any atom is 0.409 e. The van der Waals surface area contributed by atoms with Crippen LogP contribution in [0.5, 0.6) is 0 Å². The second-order valence-electron chi connectivity index (χ2n) is 5.49. The first-order chi connectivity index (χ1) is 11.5. The average molecular weight is 334 g/mol. The maximum atomic E-state index is 12.4. The van der Waals surface area contributed by atoms with E-state index in [1.807, 2.05) is 0 Å². The van der Waals surface area contributed by atoms with Gasteiger partial charge in [-0.15, -0.1) is 0 Å². The van der Waals surface area contributed by atoms with E-state index < -0.39 is 0 Å². The maximum absolute atomic E-state index is 12.4. The lowest BCUT2D eigenvalue weighted by atomic mass is 10.2. The highest BCUT2D eigenvalue weighted by molar-refractivity contribution is 5.92. The van der Waals surface area contributed by atoms with Crippen LogP contribution in [0.1, 0.15) is 13.3 Å². The third kappa shape index (κ3) is 4.87. The molecular weight excluding hydrogens is 312 g/mol. The third-order valence-corrected chi connectivity index (χ3v) is 3.65. The third-order valence-electron chi connectivity index (χ3n) is 3.65. The molecule has 1 fully saturated rings. The molecule has 8 nitrogen and oxygen atoms in total. The van der Waals surface area contributed by atoms with Crippen LogP contribution in [0.4, 0.5) is 21.0 Å². The van der Waals surface area contributed by atoms with E-state index in [-0.39, 0.29) is 18.0 Å². The molecule has 1 aromatic rings. The van der Waals surface area contributed by atoms with E-state index in [1.54, 1.807) is 34.1 Å². The summed E-state index contributed by atoms with van der Waals surface area (Å²) in [4.78, 5) is 38.3. The summed E-state index contributed by atoms with van der Waals surface area (Å²) in [5, 5.41) is 5.48. The normalized spacial score (nSPS) is 14.6. The number of nitrogens with one attached hydrogen (secondary N) is 2. The largest absolute Gasteiger partial charge is 0.453 e. The zero-order valence-corrected chi connectivity index (χ0v) is 13.9. The highest BCUT2D eigenvalue weighted by atomic mass is 16.5. The van der Waals surface area contributed by atoms with Crippen LogP contribution in [-0.2, 0) is 9.53 Å². The highest BCUT2D eigenvalue weighted by Gasteiger charge is 2.22. The fourth-order valence-corrected chi connectivity index (χ4v) is 2.51. The smallest absolute Gasteiger partial charge is 0.409 e. The number of anilines is 2. The summed E-state index contributed by atoms with van der Waals surface area (Å²) in [5.74, 6) is -0.172. The molecule has 1 saturated heterocycles. The van der Waals surface area contributed by atoms with E-state index in [1.165, 1.54) is 14.0 Å². The predicted molar refractivity (Wildman–Crippen MR) is 89.9 cm³/mol. The van der Waals surface area contributed by atoms with Crippen molar-refractivity contribution in [1.82, 2.24) is 9.80 Å². The number of hydrogen-bond donors (Lipinski definition) is 2. The number of nitrogens with zero attached hydrogens (tertiary/aromatic N) is 2. The Kier molecular flexibility index (Phi) is 6.00. The topological polar surface area (TPSA) is 91.0 Å². The molecule has 0 aromatic heterocycles. The van der Waals surface area contributed by atoms with E-state index in [0.717, 1.165) is 0 Å². The standard InChI is InChI=1S/C16H22N4O4/c1-12(21)17-13-5-3-6-14(11-13)18-15(22)19-7-4-8-20(10-9-19)16(23)24-2/h3,5-6,11H,4,7-10H2,1-2H3,(H,17,21)(H,18,22). The number of rotatable bonds is 2. The Morgan fingerprint density at radius 1 is 1.00 bits per heavy atom. The lowest BCUT2D eigenvalue weighted by Crippen LogP contribution is -2.39. The molecule has 2 N–H and O–H groups in total. The number of amides is 4. The van der Waals surface area contributed by atoms with Crippen LogP contribution in [-0.4, -0.2) is 61.1 Å². The molecular formula is C16H22N4O4. The van der Waals surface area contributed by atoms with Gasteiger partial charge in [0.05, 0.1) is 7.11 Å². The van der Waals surface area contributed by atoms with Crippen molar-refractivity contribution in [2.45, 2.75) is 13.3 Å². The van der Waals surface area contributed by atoms with Crippen molar-refractivity contribution in [2.24, 2.45) is 0 Å². The van der Waals surface area contributed by atoms with Gasteiger partial charge in [0.2, 0.25) is 5.91 Å². The molecule has 0 unspecified atom stereocenters. The summed E-state index contributed by atoms with van der Waals surface area (Å²) < 4.78 is 4.71. The van der Waals surface area contributed by atoms with Crippen molar-refractivity contribution in [3.05, 3.63) is 24.3 Å². The van der Waals surface area contributed by atoms with Crippen LogP contribution in [0.25, 0.3) is 0 Å². The van der Waals surface area contributed by atoms with Crippen LogP contribution in [0.3, 0.4) is 0 Å². The van der Waals surface area contributed by atoms with Gasteiger partial charge in [0.15, 0.2) is 0 Å². The molecule has 1 heterocycles. The first-order valence-electron chi connectivity index (χ1n) is 7.76. The quantitative estimate of drug-likeness (QED) is 0.865. The van der Waals surface area contributed by atoms with Crippen LogP contribution < -0.4 is 10.6 Å². The molecule has 0 saturated carbocycles. The van der Waals surface area contributed by atoms with E-state index in [2.05, 4.69) is 10.6 Å².